The van der Waals surface area contributed by atoms with Crippen LogP contribution in [0.25, 0.3) is 5.82 Å². The Kier molecular flexibility index (Phi) is 4.43. The molecule has 0 aliphatic carbocycles. The van der Waals surface area contributed by atoms with E-state index in [4.69, 9.17) is 5.11 Å². The van der Waals surface area contributed by atoms with E-state index in [0.29, 0.717) is 24.9 Å². The van der Waals surface area contributed by atoms with Gasteiger partial charge < -0.3 is 10.0 Å². The van der Waals surface area contributed by atoms with Crippen molar-refractivity contribution < 1.29 is 27.9 Å². The van der Waals surface area contributed by atoms with Crippen LogP contribution < -0.4 is 0 Å². The lowest BCUT2D eigenvalue weighted by Gasteiger charge is -2.15. The number of rotatable bonds is 3. The number of likely N-dealkylation sites (tertiary alicyclic amines) is 1. The highest BCUT2D eigenvalue weighted by atomic mass is 19.4. The zero-order valence-corrected chi connectivity index (χ0v) is 13.7. The quantitative estimate of drug-likeness (QED) is 0.897. The molecule has 0 bridgehead atoms. The Labute approximate surface area is 146 Å². The number of carboxylic acids is 1. The minimum atomic E-state index is -4.48. The van der Waals surface area contributed by atoms with Crippen molar-refractivity contribution in [1.82, 2.24) is 19.7 Å². The summed E-state index contributed by atoms with van der Waals surface area (Å²) in [6, 6.07) is 2.07. The minimum absolute atomic E-state index is 0.122. The van der Waals surface area contributed by atoms with Gasteiger partial charge in [0, 0.05) is 19.3 Å². The van der Waals surface area contributed by atoms with Gasteiger partial charge in [-0.05, 0) is 25.5 Å². The van der Waals surface area contributed by atoms with Crippen LogP contribution in [0.15, 0.2) is 24.5 Å². The molecule has 138 valence electrons. The van der Waals surface area contributed by atoms with Gasteiger partial charge in [0.2, 0.25) is 0 Å². The predicted octanol–water partition coefficient (Wildman–Crippen LogP) is 2.14. The molecule has 3 heterocycles. The third-order valence-corrected chi connectivity index (χ3v) is 4.36. The maximum Gasteiger partial charge on any atom is 0.417 e. The summed E-state index contributed by atoms with van der Waals surface area (Å²) in [5, 5.41) is 13.1. The molecular weight excluding hydrogens is 353 g/mol. The maximum absolute atomic E-state index is 12.6. The fraction of sp³-hybridized carbons (Fsp3) is 0.375. The molecule has 2 aromatic rings. The van der Waals surface area contributed by atoms with Crippen molar-refractivity contribution in [3.63, 3.8) is 0 Å². The Balaban J connectivity index is 1.82. The van der Waals surface area contributed by atoms with Gasteiger partial charge in [-0.3, -0.25) is 9.59 Å². The van der Waals surface area contributed by atoms with Crippen molar-refractivity contribution in [2.75, 3.05) is 13.1 Å². The van der Waals surface area contributed by atoms with Crippen molar-refractivity contribution in [3.05, 3.63) is 41.3 Å². The van der Waals surface area contributed by atoms with E-state index in [-0.39, 0.29) is 23.8 Å². The zero-order valence-electron chi connectivity index (χ0n) is 13.7. The summed E-state index contributed by atoms with van der Waals surface area (Å²) in [7, 11) is 0. The van der Waals surface area contributed by atoms with Crippen molar-refractivity contribution >= 4 is 11.9 Å². The van der Waals surface area contributed by atoms with Crippen molar-refractivity contribution in [1.29, 1.82) is 0 Å². The van der Waals surface area contributed by atoms with Crippen LogP contribution in [0.1, 0.15) is 28.0 Å². The third-order valence-electron chi connectivity index (χ3n) is 4.36. The summed E-state index contributed by atoms with van der Waals surface area (Å²) >= 11 is 0. The summed E-state index contributed by atoms with van der Waals surface area (Å²) < 4.78 is 39.1. The number of pyridine rings is 1. The van der Waals surface area contributed by atoms with E-state index in [1.807, 2.05) is 0 Å². The minimum Gasteiger partial charge on any atom is -0.481 e. The highest BCUT2D eigenvalue weighted by Crippen LogP contribution is 2.29. The second kappa shape index (κ2) is 6.43. The molecule has 0 radical (unpaired) electrons. The summed E-state index contributed by atoms with van der Waals surface area (Å²) in [5.74, 6) is -1.74. The van der Waals surface area contributed by atoms with Crippen molar-refractivity contribution in [2.24, 2.45) is 5.92 Å². The first kappa shape index (κ1) is 17.9. The Bertz CT molecular complexity index is 845. The fourth-order valence-electron chi connectivity index (χ4n) is 2.85. The molecule has 1 N–H and O–H groups in total. The molecule has 7 nitrogen and oxygen atoms in total. The summed E-state index contributed by atoms with van der Waals surface area (Å²) in [5.41, 5.74) is -0.196. The molecule has 3 rings (SSSR count). The molecule has 1 aliphatic heterocycles. The molecular formula is C16H15F3N4O3. The van der Waals surface area contributed by atoms with E-state index in [2.05, 4.69) is 10.1 Å². The summed E-state index contributed by atoms with van der Waals surface area (Å²) in [4.78, 5) is 28.8. The smallest absolute Gasteiger partial charge is 0.417 e. The van der Waals surface area contributed by atoms with Crippen molar-refractivity contribution in [2.45, 2.75) is 19.5 Å². The third kappa shape index (κ3) is 3.26. The van der Waals surface area contributed by atoms with Gasteiger partial charge in [0.1, 0.15) is 0 Å². The molecule has 1 atom stereocenters. The van der Waals surface area contributed by atoms with Crippen LogP contribution in [-0.4, -0.2) is 49.7 Å². The fourth-order valence-corrected chi connectivity index (χ4v) is 2.85. The number of carbonyl (C=O) groups is 2. The molecule has 0 aromatic carbocycles. The second-order valence-corrected chi connectivity index (χ2v) is 6.03. The number of hydrogen-bond acceptors (Lipinski definition) is 4. The summed E-state index contributed by atoms with van der Waals surface area (Å²) in [6.07, 6.45) is -2.09. The number of nitrogens with zero attached hydrogens (tertiary/aromatic N) is 4. The number of hydrogen-bond donors (Lipinski definition) is 1. The molecule has 1 amide bonds. The number of halogens is 3. The highest BCUT2D eigenvalue weighted by molar-refractivity contribution is 5.95. The van der Waals surface area contributed by atoms with E-state index in [9.17, 15) is 22.8 Å². The lowest BCUT2D eigenvalue weighted by Crippen LogP contribution is -2.30. The number of carboxylic acid groups (broad SMARTS) is 1. The van der Waals surface area contributed by atoms with Gasteiger partial charge in [-0.25, -0.2) is 9.67 Å². The van der Waals surface area contributed by atoms with E-state index < -0.39 is 23.6 Å². The van der Waals surface area contributed by atoms with Gasteiger partial charge in [-0.15, -0.1) is 0 Å². The molecule has 1 saturated heterocycles. The van der Waals surface area contributed by atoms with Crippen LogP contribution >= 0.6 is 0 Å². The van der Waals surface area contributed by atoms with Crippen LogP contribution in [0.5, 0.6) is 0 Å². The zero-order chi connectivity index (χ0) is 19.1. The molecule has 0 saturated carbocycles. The van der Waals surface area contributed by atoms with E-state index in [1.165, 1.54) is 21.8 Å². The number of aliphatic carboxylic acids is 1. The van der Waals surface area contributed by atoms with E-state index in [0.717, 1.165) is 6.07 Å². The van der Waals surface area contributed by atoms with E-state index >= 15 is 0 Å². The monoisotopic (exact) mass is 368 g/mol. The van der Waals surface area contributed by atoms with Gasteiger partial charge in [0.15, 0.2) is 5.82 Å². The predicted molar refractivity (Wildman–Crippen MR) is 82.7 cm³/mol. The van der Waals surface area contributed by atoms with Crippen LogP contribution in [0.3, 0.4) is 0 Å². The van der Waals surface area contributed by atoms with E-state index in [1.54, 1.807) is 6.92 Å². The molecule has 1 aliphatic rings. The van der Waals surface area contributed by atoms with Crippen molar-refractivity contribution in [3.8, 4) is 5.82 Å². The van der Waals surface area contributed by atoms with Gasteiger partial charge in [0.25, 0.3) is 5.91 Å². The molecule has 10 heteroatoms. The Morgan fingerprint density at radius 2 is 2.00 bits per heavy atom. The first-order valence-electron chi connectivity index (χ1n) is 7.79. The Morgan fingerprint density at radius 3 is 2.54 bits per heavy atom. The van der Waals surface area contributed by atoms with Crippen LogP contribution in [0.2, 0.25) is 0 Å². The average molecular weight is 368 g/mol. The largest absolute Gasteiger partial charge is 0.481 e. The molecule has 2 aromatic heterocycles. The Hall–Kier alpha value is -2.91. The standard InChI is InChI=1S/C16H15F3N4O3/c1-9-12(14(24)22-5-4-10(8-22)15(25)26)7-21-23(9)13-3-2-11(6-20-13)16(17,18)19/h2-3,6-7,10H,4-5,8H2,1H3,(H,25,26)/t10-/m0/s1. The lowest BCUT2D eigenvalue weighted by molar-refractivity contribution is -0.141. The molecule has 0 spiro atoms. The van der Waals surface area contributed by atoms with Gasteiger partial charge in [-0.1, -0.05) is 0 Å². The second-order valence-electron chi connectivity index (χ2n) is 6.03. The highest BCUT2D eigenvalue weighted by Gasteiger charge is 2.33. The first-order valence-corrected chi connectivity index (χ1v) is 7.79. The normalized spacial score (nSPS) is 17.5. The van der Waals surface area contributed by atoms with Crippen LogP contribution in [0.4, 0.5) is 13.2 Å². The maximum atomic E-state index is 12.6. The van der Waals surface area contributed by atoms with Gasteiger partial charge in [-0.2, -0.15) is 18.3 Å². The van der Waals surface area contributed by atoms with Crippen LogP contribution in [-0.2, 0) is 11.0 Å². The topological polar surface area (TPSA) is 88.3 Å². The average Bonchev–Trinajstić information content (AvgIpc) is 3.21. The molecule has 26 heavy (non-hydrogen) atoms. The van der Waals surface area contributed by atoms with Gasteiger partial charge >= 0.3 is 12.1 Å². The van der Waals surface area contributed by atoms with Gasteiger partial charge in [0.05, 0.1) is 28.9 Å². The Morgan fingerprint density at radius 1 is 1.27 bits per heavy atom. The number of aromatic nitrogens is 3. The SMILES string of the molecule is Cc1c(C(=O)N2CC[C@H](C(=O)O)C2)cnn1-c1ccc(C(F)(F)F)cn1. The number of carbonyl (C=O) groups excluding carboxylic acids is 1. The molecule has 0 unspecified atom stereocenters. The van der Waals surface area contributed by atoms with Crippen LogP contribution in [0, 0.1) is 12.8 Å². The molecule has 1 fully saturated rings. The number of alkyl halides is 3. The number of amides is 1. The first-order chi connectivity index (χ1) is 12.2. The lowest BCUT2D eigenvalue weighted by atomic mass is 10.1. The summed E-state index contributed by atoms with van der Waals surface area (Å²) in [6.45, 7) is 2.06.